The molecule has 5 nitrogen and oxygen atoms in total. The molecule has 0 aliphatic carbocycles. The Morgan fingerprint density at radius 1 is 1.30 bits per heavy atom. The largest absolute Gasteiger partial charge is 0.481 e. The summed E-state index contributed by atoms with van der Waals surface area (Å²) < 4.78 is 0. The van der Waals surface area contributed by atoms with E-state index < -0.39 is 12.0 Å². The van der Waals surface area contributed by atoms with Crippen molar-refractivity contribution in [3.05, 3.63) is 29.8 Å². The molecule has 5 heteroatoms. The zero-order chi connectivity index (χ0) is 14.5. The quantitative estimate of drug-likeness (QED) is 0.874. The van der Waals surface area contributed by atoms with E-state index in [1.807, 2.05) is 24.3 Å². The number of benzene rings is 1. The van der Waals surface area contributed by atoms with Crippen molar-refractivity contribution in [2.75, 3.05) is 11.4 Å². The lowest BCUT2D eigenvalue weighted by Crippen LogP contribution is -2.44. The number of hydrogen-bond donors (Lipinski definition) is 2. The van der Waals surface area contributed by atoms with Crippen molar-refractivity contribution in [1.82, 2.24) is 0 Å². The summed E-state index contributed by atoms with van der Waals surface area (Å²) in [5, 5.41) is 8.68. The second-order valence-electron chi connectivity index (χ2n) is 5.11. The van der Waals surface area contributed by atoms with Crippen LogP contribution in [-0.2, 0) is 16.0 Å². The van der Waals surface area contributed by atoms with Crippen LogP contribution in [0, 0.1) is 0 Å². The lowest BCUT2D eigenvalue weighted by molar-refractivity contribution is -0.137. The van der Waals surface area contributed by atoms with Crippen LogP contribution in [0.3, 0.4) is 0 Å². The number of amides is 1. The third-order valence-electron chi connectivity index (χ3n) is 3.61. The summed E-state index contributed by atoms with van der Waals surface area (Å²) in [5.74, 6) is -1.11. The molecule has 0 radical (unpaired) electrons. The van der Waals surface area contributed by atoms with Crippen LogP contribution < -0.4 is 10.6 Å². The van der Waals surface area contributed by atoms with E-state index in [-0.39, 0.29) is 18.7 Å². The SMILES string of the molecule is NC(CCC(=O)O)C(=O)N1CCCCc2ccccc21. The summed E-state index contributed by atoms with van der Waals surface area (Å²) in [5.41, 5.74) is 7.92. The first kappa shape index (κ1) is 14.5. The summed E-state index contributed by atoms with van der Waals surface area (Å²) in [7, 11) is 0. The van der Waals surface area contributed by atoms with Crippen molar-refractivity contribution in [1.29, 1.82) is 0 Å². The molecule has 1 atom stereocenters. The Bertz CT molecular complexity index is 502. The number of anilines is 1. The second-order valence-corrected chi connectivity index (χ2v) is 5.11. The molecule has 1 aromatic rings. The van der Waals surface area contributed by atoms with Gasteiger partial charge < -0.3 is 15.7 Å². The fourth-order valence-corrected chi connectivity index (χ4v) is 2.52. The molecule has 108 valence electrons. The van der Waals surface area contributed by atoms with Crippen LogP contribution in [0.25, 0.3) is 0 Å². The molecule has 2 rings (SSSR count). The van der Waals surface area contributed by atoms with E-state index >= 15 is 0 Å². The molecule has 0 spiro atoms. The van der Waals surface area contributed by atoms with Gasteiger partial charge in [0.15, 0.2) is 0 Å². The fourth-order valence-electron chi connectivity index (χ4n) is 2.52. The van der Waals surface area contributed by atoms with E-state index in [0.29, 0.717) is 6.54 Å². The van der Waals surface area contributed by atoms with Crippen LogP contribution in [0.4, 0.5) is 5.69 Å². The first-order valence-corrected chi connectivity index (χ1v) is 6.96. The standard InChI is InChI=1S/C15H20N2O3/c16-12(8-9-14(18)19)15(20)17-10-4-3-6-11-5-1-2-7-13(11)17/h1-2,5,7,12H,3-4,6,8-10,16H2,(H,18,19). The third-order valence-corrected chi connectivity index (χ3v) is 3.61. The molecule has 1 heterocycles. The van der Waals surface area contributed by atoms with Crippen LogP contribution in [0.5, 0.6) is 0 Å². The van der Waals surface area contributed by atoms with Crippen molar-refractivity contribution < 1.29 is 14.7 Å². The topological polar surface area (TPSA) is 83.6 Å². The zero-order valence-corrected chi connectivity index (χ0v) is 11.4. The zero-order valence-electron chi connectivity index (χ0n) is 11.4. The van der Waals surface area contributed by atoms with Gasteiger partial charge >= 0.3 is 5.97 Å². The molecule has 0 saturated heterocycles. The molecule has 1 aliphatic rings. The maximum atomic E-state index is 12.4. The molecule has 1 unspecified atom stereocenters. The Morgan fingerprint density at radius 2 is 2.05 bits per heavy atom. The summed E-state index contributed by atoms with van der Waals surface area (Å²) in [6, 6.07) is 7.09. The van der Waals surface area contributed by atoms with Gasteiger partial charge in [-0.2, -0.15) is 0 Å². The van der Waals surface area contributed by atoms with Gasteiger partial charge in [0.05, 0.1) is 6.04 Å². The predicted octanol–water partition coefficient (Wildman–Crippen LogP) is 1.55. The molecule has 0 saturated carbocycles. The molecular formula is C15H20N2O3. The van der Waals surface area contributed by atoms with Crippen molar-refractivity contribution in [3.63, 3.8) is 0 Å². The monoisotopic (exact) mass is 276 g/mol. The lowest BCUT2D eigenvalue weighted by atomic mass is 10.1. The fraction of sp³-hybridized carbons (Fsp3) is 0.467. The second kappa shape index (κ2) is 6.52. The number of hydrogen-bond acceptors (Lipinski definition) is 3. The van der Waals surface area contributed by atoms with E-state index in [2.05, 4.69) is 0 Å². The number of carbonyl (C=O) groups is 2. The third kappa shape index (κ3) is 3.36. The van der Waals surface area contributed by atoms with E-state index in [4.69, 9.17) is 10.8 Å². The van der Waals surface area contributed by atoms with E-state index in [1.54, 1.807) is 4.90 Å². The van der Waals surface area contributed by atoms with Crippen LogP contribution in [0.15, 0.2) is 24.3 Å². The summed E-state index contributed by atoms with van der Waals surface area (Å²) in [6.07, 6.45) is 3.04. The van der Waals surface area contributed by atoms with Gasteiger partial charge in [-0.25, -0.2) is 0 Å². The van der Waals surface area contributed by atoms with Gasteiger partial charge in [0.25, 0.3) is 0 Å². The Morgan fingerprint density at radius 3 is 2.80 bits per heavy atom. The number of aliphatic carboxylic acids is 1. The average Bonchev–Trinajstić information content (AvgIpc) is 2.66. The van der Waals surface area contributed by atoms with Gasteiger partial charge in [0.1, 0.15) is 0 Å². The molecule has 3 N–H and O–H groups in total. The van der Waals surface area contributed by atoms with Crippen molar-refractivity contribution in [2.45, 2.75) is 38.1 Å². The van der Waals surface area contributed by atoms with Crippen LogP contribution in [0.1, 0.15) is 31.2 Å². The van der Waals surface area contributed by atoms with Gasteiger partial charge in [0.2, 0.25) is 5.91 Å². The number of nitrogens with two attached hydrogens (primary N) is 1. The minimum Gasteiger partial charge on any atom is -0.481 e. The number of para-hydroxylation sites is 1. The summed E-state index contributed by atoms with van der Waals surface area (Å²) in [4.78, 5) is 24.7. The Balaban J connectivity index is 2.14. The molecule has 0 fully saturated rings. The molecule has 0 bridgehead atoms. The molecule has 20 heavy (non-hydrogen) atoms. The summed E-state index contributed by atoms with van der Waals surface area (Å²) in [6.45, 7) is 0.649. The van der Waals surface area contributed by atoms with Crippen LogP contribution >= 0.6 is 0 Å². The highest BCUT2D eigenvalue weighted by molar-refractivity contribution is 5.98. The van der Waals surface area contributed by atoms with Gasteiger partial charge in [-0.3, -0.25) is 9.59 Å². The van der Waals surface area contributed by atoms with Gasteiger partial charge in [-0.1, -0.05) is 18.2 Å². The minimum atomic E-state index is -0.926. The Hall–Kier alpha value is -1.88. The Kier molecular flexibility index (Phi) is 4.74. The van der Waals surface area contributed by atoms with E-state index in [0.717, 1.165) is 30.5 Å². The van der Waals surface area contributed by atoms with Gasteiger partial charge in [-0.05, 0) is 37.3 Å². The van der Waals surface area contributed by atoms with Gasteiger partial charge in [0, 0.05) is 18.7 Å². The first-order valence-electron chi connectivity index (χ1n) is 6.96. The highest BCUT2D eigenvalue weighted by Crippen LogP contribution is 2.26. The molecule has 1 aromatic carbocycles. The van der Waals surface area contributed by atoms with E-state index in [9.17, 15) is 9.59 Å². The van der Waals surface area contributed by atoms with Crippen molar-refractivity contribution >= 4 is 17.6 Å². The smallest absolute Gasteiger partial charge is 0.303 e. The average molecular weight is 276 g/mol. The minimum absolute atomic E-state index is 0.0810. The number of nitrogens with zero attached hydrogens (tertiary/aromatic N) is 1. The van der Waals surface area contributed by atoms with Crippen LogP contribution in [0.2, 0.25) is 0 Å². The molecule has 1 aliphatic heterocycles. The first-order chi connectivity index (χ1) is 9.59. The maximum absolute atomic E-state index is 12.4. The van der Waals surface area contributed by atoms with Crippen LogP contribution in [-0.4, -0.2) is 29.6 Å². The molecule has 1 amide bonds. The van der Waals surface area contributed by atoms with Gasteiger partial charge in [-0.15, -0.1) is 0 Å². The number of fused-ring (bicyclic) bond motifs is 1. The Labute approximate surface area is 118 Å². The number of carbonyl (C=O) groups excluding carboxylic acids is 1. The normalized spacial score (nSPS) is 16.1. The lowest BCUT2D eigenvalue weighted by Gasteiger charge is -2.25. The number of aryl methyl sites for hydroxylation is 1. The highest BCUT2D eigenvalue weighted by Gasteiger charge is 2.25. The van der Waals surface area contributed by atoms with E-state index in [1.165, 1.54) is 0 Å². The summed E-state index contributed by atoms with van der Waals surface area (Å²) >= 11 is 0. The van der Waals surface area contributed by atoms with Crippen molar-refractivity contribution in [3.8, 4) is 0 Å². The highest BCUT2D eigenvalue weighted by atomic mass is 16.4. The maximum Gasteiger partial charge on any atom is 0.303 e. The predicted molar refractivity (Wildman–Crippen MR) is 76.6 cm³/mol. The molecule has 0 aromatic heterocycles. The number of rotatable bonds is 4. The number of carboxylic acid groups (broad SMARTS) is 1. The number of carboxylic acids is 1. The van der Waals surface area contributed by atoms with Crippen molar-refractivity contribution in [2.24, 2.45) is 5.73 Å². The molecular weight excluding hydrogens is 256 g/mol.